The molecule has 6 heteroatoms. The zero-order chi connectivity index (χ0) is 18.1. The molecular formula is C19H12F5N. The Hall–Kier alpha value is -2.76. The molecule has 2 aromatic carbocycles. The van der Waals surface area contributed by atoms with Crippen molar-refractivity contribution in [1.82, 2.24) is 4.98 Å². The van der Waals surface area contributed by atoms with Gasteiger partial charge in [0.2, 0.25) is 0 Å². The molecule has 0 spiro atoms. The van der Waals surface area contributed by atoms with Gasteiger partial charge in [-0.25, -0.2) is 22.0 Å². The van der Waals surface area contributed by atoms with Crippen molar-refractivity contribution >= 4 is 0 Å². The van der Waals surface area contributed by atoms with E-state index in [1.807, 2.05) is 0 Å². The number of pyridine rings is 1. The number of benzene rings is 2. The third-order valence-electron chi connectivity index (χ3n) is 3.82. The molecule has 1 nitrogen and oxygen atoms in total. The van der Waals surface area contributed by atoms with Gasteiger partial charge in [-0.05, 0) is 36.8 Å². The van der Waals surface area contributed by atoms with Crippen LogP contribution in [0.5, 0.6) is 0 Å². The van der Waals surface area contributed by atoms with E-state index in [9.17, 15) is 22.0 Å². The van der Waals surface area contributed by atoms with Crippen molar-refractivity contribution < 1.29 is 22.0 Å². The highest BCUT2D eigenvalue weighted by atomic mass is 19.2. The van der Waals surface area contributed by atoms with Crippen molar-refractivity contribution in [1.29, 1.82) is 0 Å². The summed E-state index contributed by atoms with van der Waals surface area (Å²) in [6.45, 7) is 0.415. The van der Waals surface area contributed by atoms with E-state index in [1.54, 1.807) is 13.0 Å². The van der Waals surface area contributed by atoms with Crippen LogP contribution in [-0.4, -0.2) is 4.98 Å². The summed E-state index contributed by atoms with van der Waals surface area (Å²) in [5.41, 5.74) is -0.124. The van der Waals surface area contributed by atoms with Crippen LogP contribution in [0.15, 0.2) is 42.6 Å². The second kappa shape index (κ2) is 6.63. The fourth-order valence-corrected chi connectivity index (χ4v) is 2.52. The Balaban J connectivity index is 2.06. The smallest absolute Gasteiger partial charge is 0.150 e. The van der Waals surface area contributed by atoms with Gasteiger partial charge in [-0.2, -0.15) is 0 Å². The Morgan fingerprint density at radius 1 is 0.800 bits per heavy atom. The molecule has 0 amide bonds. The first-order chi connectivity index (χ1) is 11.9. The zero-order valence-corrected chi connectivity index (χ0v) is 13.1. The monoisotopic (exact) mass is 349 g/mol. The van der Waals surface area contributed by atoms with Crippen LogP contribution >= 0.6 is 0 Å². The van der Waals surface area contributed by atoms with Gasteiger partial charge in [0.1, 0.15) is 35.6 Å². The third-order valence-corrected chi connectivity index (χ3v) is 3.82. The molecule has 3 rings (SSSR count). The standard InChI is InChI=1S/C19H12F5N/c1-10-2-3-13(15(21)4-10)12-7-18(24)19(25-9-12)11-5-16(22)14(8-20)17(23)6-11/h2-7,9H,8H2,1H3. The van der Waals surface area contributed by atoms with Gasteiger partial charge in [-0.3, -0.25) is 4.98 Å². The van der Waals surface area contributed by atoms with Gasteiger partial charge in [0.05, 0.1) is 5.56 Å². The second-order valence-corrected chi connectivity index (χ2v) is 5.59. The first-order valence-electron chi connectivity index (χ1n) is 7.37. The van der Waals surface area contributed by atoms with Crippen LogP contribution in [-0.2, 0) is 6.67 Å². The molecule has 1 heterocycles. The quantitative estimate of drug-likeness (QED) is 0.549. The predicted octanol–water partition coefficient (Wildman–Crippen LogP) is 5.75. The van der Waals surface area contributed by atoms with E-state index in [0.29, 0.717) is 5.56 Å². The SMILES string of the molecule is Cc1ccc(-c2cnc(-c3cc(F)c(CF)c(F)c3)c(F)c2)c(F)c1. The maximum atomic E-state index is 14.4. The molecule has 0 aliphatic heterocycles. The molecule has 0 atom stereocenters. The van der Waals surface area contributed by atoms with Gasteiger partial charge >= 0.3 is 0 Å². The highest BCUT2D eigenvalue weighted by Crippen LogP contribution is 2.29. The number of rotatable bonds is 3. The molecule has 0 aliphatic rings. The van der Waals surface area contributed by atoms with Crippen molar-refractivity contribution in [2.75, 3.05) is 0 Å². The fourth-order valence-electron chi connectivity index (χ4n) is 2.52. The number of aryl methyl sites for hydroxylation is 1. The first-order valence-corrected chi connectivity index (χ1v) is 7.37. The van der Waals surface area contributed by atoms with Gasteiger partial charge in [0, 0.05) is 22.9 Å². The molecule has 0 fully saturated rings. The summed E-state index contributed by atoms with van der Waals surface area (Å²) in [5.74, 6) is -3.64. The van der Waals surface area contributed by atoms with Crippen molar-refractivity contribution in [2.24, 2.45) is 0 Å². The molecule has 0 saturated carbocycles. The third kappa shape index (κ3) is 3.24. The van der Waals surface area contributed by atoms with E-state index >= 15 is 0 Å². The minimum atomic E-state index is -1.31. The Morgan fingerprint density at radius 2 is 1.44 bits per heavy atom. The lowest BCUT2D eigenvalue weighted by molar-refractivity contribution is 0.440. The number of aromatic nitrogens is 1. The summed E-state index contributed by atoms with van der Waals surface area (Å²) in [6, 6.07) is 7.14. The minimum absolute atomic E-state index is 0.161. The maximum absolute atomic E-state index is 14.4. The molecule has 0 N–H and O–H groups in total. The molecular weight excluding hydrogens is 337 g/mol. The molecule has 0 aliphatic carbocycles. The molecule has 25 heavy (non-hydrogen) atoms. The highest BCUT2D eigenvalue weighted by Gasteiger charge is 2.16. The number of halogens is 5. The van der Waals surface area contributed by atoms with E-state index in [-0.39, 0.29) is 22.4 Å². The Labute approximate surface area is 140 Å². The summed E-state index contributed by atoms with van der Waals surface area (Å²) in [5, 5.41) is 0. The van der Waals surface area contributed by atoms with E-state index in [0.717, 1.165) is 18.2 Å². The number of alkyl halides is 1. The Kier molecular flexibility index (Phi) is 4.53. The average Bonchev–Trinajstić information content (AvgIpc) is 2.54. The maximum Gasteiger partial charge on any atom is 0.150 e. The Bertz CT molecular complexity index is 930. The summed E-state index contributed by atoms with van der Waals surface area (Å²) in [7, 11) is 0. The molecule has 3 aromatic rings. The molecule has 0 radical (unpaired) electrons. The van der Waals surface area contributed by atoms with Crippen LogP contribution in [0.2, 0.25) is 0 Å². The summed E-state index contributed by atoms with van der Waals surface area (Å²) in [4.78, 5) is 3.86. The first kappa shape index (κ1) is 17.1. The van der Waals surface area contributed by atoms with Gasteiger partial charge in [-0.15, -0.1) is 0 Å². The zero-order valence-electron chi connectivity index (χ0n) is 13.1. The Morgan fingerprint density at radius 3 is 2.00 bits per heavy atom. The largest absolute Gasteiger partial charge is 0.253 e. The summed E-state index contributed by atoms with van der Waals surface area (Å²) in [6.07, 6.45) is 1.21. The minimum Gasteiger partial charge on any atom is -0.253 e. The van der Waals surface area contributed by atoms with Crippen molar-refractivity contribution in [2.45, 2.75) is 13.6 Å². The summed E-state index contributed by atoms with van der Waals surface area (Å²) < 4.78 is 68.3. The van der Waals surface area contributed by atoms with E-state index < -0.39 is 35.5 Å². The van der Waals surface area contributed by atoms with Crippen molar-refractivity contribution in [3.8, 4) is 22.4 Å². The summed E-state index contributed by atoms with van der Waals surface area (Å²) >= 11 is 0. The van der Waals surface area contributed by atoms with Gasteiger partial charge in [-0.1, -0.05) is 12.1 Å². The van der Waals surface area contributed by atoms with Crippen LogP contribution in [0.4, 0.5) is 22.0 Å². The van der Waals surface area contributed by atoms with Gasteiger partial charge < -0.3 is 0 Å². The molecule has 128 valence electrons. The number of nitrogens with zero attached hydrogens (tertiary/aromatic N) is 1. The van der Waals surface area contributed by atoms with E-state index in [1.165, 1.54) is 18.3 Å². The van der Waals surface area contributed by atoms with Gasteiger partial charge in [0.15, 0.2) is 0 Å². The van der Waals surface area contributed by atoms with Crippen LogP contribution in [0.1, 0.15) is 11.1 Å². The molecule has 0 bridgehead atoms. The molecule has 0 unspecified atom stereocenters. The van der Waals surface area contributed by atoms with E-state index in [2.05, 4.69) is 4.98 Å². The van der Waals surface area contributed by atoms with Gasteiger partial charge in [0.25, 0.3) is 0 Å². The lowest BCUT2D eigenvalue weighted by Crippen LogP contribution is -1.98. The second-order valence-electron chi connectivity index (χ2n) is 5.59. The normalized spacial score (nSPS) is 11.0. The number of hydrogen-bond donors (Lipinski definition) is 0. The lowest BCUT2D eigenvalue weighted by atomic mass is 10.0. The van der Waals surface area contributed by atoms with Crippen molar-refractivity contribution in [3.63, 3.8) is 0 Å². The van der Waals surface area contributed by atoms with E-state index in [4.69, 9.17) is 0 Å². The van der Waals surface area contributed by atoms with Crippen LogP contribution < -0.4 is 0 Å². The molecule has 0 saturated heterocycles. The highest BCUT2D eigenvalue weighted by molar-refractivity contribution is 5.68. The topological polar surface area (TPSA) is 12.9 Å². The van der Waals surface area contributed by atoms with Crippen LogP contribution in [0.3, 0.4) is 0 Å². The number of hydrogen-bond acceptors (Lipinski definition) is 1. The van der Waals surface area contributed by atoms with Crippen LogP contribution in [0, 0.1) is 30.2 Å². The predicted molar refractivity (Wildman–Crippen MR) is 84.5 cm³/mol. The average molecular weight is 349 g/mol. The lowest BCUT2D eigenvalue weighted by Gasteiger charge is -2.09. The fraction of sp³-hybridized carbons (Fsp3) is 0.105. The van der Waals surface area contributed by atoms with Crippen molar-refractivity contribution in [3.05, 3.63) is 77.0 Å². The molecule has 1 aromatic heterocycles. The van der Waals surface area contributed by atoms with Crippen LogP contribution in [0.25, 0.3) is 22.4 Å².